The molecule has 0 aliphatic carbocycles. The van der Waals surface area contributed by atoms with E-state index in [9.17, 15) is 9.90 Å². The van der Waals surface area contributed by atoms with E-state index in [1.807, 2.05) is 83.3 Å². The molecule has 0 radical (unpaired) electrons. The summed E-state index contributed by atoms with van der Waals surface area (Å²) in [5.74, 6) is 0.411. The minimum Gasteiger partial charge on any atom is -0.444 e. The maximum absolute atomic E-state index is 12.7. The second-order valence-corrected chi connectivity index (χ2v) is 12.0. The number of para-hydroxylation sites is 1. The lowest BCUT2D eigenvalue weighted by molar-refractivity contribution is 0.00176. The molecule has 1 aliphatic rings. The monoisotopic (exact) mass is 581 g/mol. The van der Waals surface area contributed by atoms with Gasteiger partial charge in [-0.25, -0.2) is 19.7 Å². The van der Waals surface area contributed by atoms with Crippen molar-refractivity contribution >= 4 is 23.1 Å². The van der Waals surface area contributed by atoms with Gasteiger partial charge in [0.05, 0.1) is 35.3 Å². The van der Waals surface area contributed by atoms with Gasteiger partial charge in [0.2, 0.25) is 5.95 Å². The van der Waals surface area contributed by atoms with Gasteiger partial charge in [0.15, 0.2) is 0 Å². The third-order valence-electron chi connectivity index (χ3n) is 7.35. The average molecular weight is 582 g/mol. The summed E-state index contributed by atoms with van der Waals surface area (Å²) in [4.78, 5) is 28.7. The number of hydrogen-bond donors (Lipinski definition) is 2. The Morgan fingerprint density at radius 2 is 1.86 bits per heavy atom. The summed E-state index contributed by atoms with van der Waals surface area (Å²) in [6, 6.07) is 13.8. The molecule has 11 heteroatoms. The highest BCUT2D eigenvalue weighted by atomic mass is 16.6. The number of aliphatic hydroxyl groups excluding tert-OH is 1. The molecule has 1 saturated heterocycles. The second-order valence-electron chi connectivity index (χ2n) is 12.0. The summed E-state index contributed by atoms with van der Waals surface area (Å²) in [5, 5.41) is 18.8. The number of nitrogens with one attached hydrogen (secondary N) is 1. The van der Waals surface area contributed by atoms with Crippen molar-refractivity contribution < 1.29 is 19.2 Å². The van der Waals surface area contributed by atoms with Crippen LogP contribution in [0.2, 0.25) is 0 Å². The molecule has 2 atom stereocenters. The lowest BCUT2D eigenvalue weighted by atomic mass is 10.0. The van der Waals surface area contributed by atoms with Gasteiger partial charge in [-0.05, 0) is 70.9 Å². The van der Waals surface area contributed by atoms with E-state index in [0.717, 1.165) is 50.5 Å². The number of pyridine rings is 1. The molecule has 0 unspecified atom stereocenters. The first-order valence-corrected chi connectivity index (χ1v) is 14.3. The molecule has 1 fully saturated rings. The molecule has 5 aromatic rings. The number of anilines is 1. The van der Waals surface area contributed by atoms with E-state index in [4.69, 9.17) is 19.2 Å². The van der Waals surface area contributed by atoms with E-state index in [1.165, 1.54) is 4.90 Å². The minimum atomic E-state index is -0.693. The molecule has 6 rings (SSSR count). The van der Waals surface area contributed by atoms with Crippen LogP contribution in [0, 0.1) is 13.8 Å². The van der Waals surface area contributed by atoms with Crippen molar-refractivity contribution in [2.75, 3.05) is 18.4 Å². The lowest BCUT2D eigenvalue weighted by Crippen LogP contribution is -2.52. The van der Waals surface area contributed by atoms with E-state index in [1.54, 1.807) is 12.5 Å². The summed E-state index contributed by atoms with van der Waals surface area (Å²) in [6.45, 7) is 9.91. The topological polar surface area (TPSA) is 131 Å². The van der Waals surface area contributed by atoms with E-state index < -0.39 is 17.8 Å². The largest absolute Gasteiger partial charge is 0.444 e. The van der Waals surface area contributed by atoms with Crippen LogP contribution >= 0.6 is 0 Å². The van der Waals surface area contributed by atoms with E-state index in [-0.39, 0.29) is 12.6 Å². The van der Waals surface area contributed by atoms with Gasteiger partial charge in [0, 0.05) is 41.6 Å². The Balaban J connectivity index is 1.36. The van der Waals surface area contributed by atoms with Gasteiger partial charge in [-0.3, -0.25) is 0 Å². The van der Waals surface area contributed by atoms with Crippen molar-refractivity contribution in [3.05, 3.63) is 72.4 Å². The van der Waals surface area contributed by atoms with Crippen molar-refractivity contribution in [3.63, 3.8) is 0 Å². The van der Waals surface area contributed by atoms with Crippen LogP contribution in [0.5, 0.6) is 0 Å². The number of amides is 1. The number of aromatic nitrogens is 5. The number of carbonyl (C=O) groups excluding carboxylic acids is 1. The molecule has 5 heterocycles. The number of β-amino-alcohol motifs (C(OH)–C–C–N with tert-alkyl or cyclic N) is 1. The first kappa shape index (κ1) is 28.4. The minimum absolute atomic E-state index is 0.218. The Kier molecular flexibility index (Phi) is 7.35. The predicted molar refractivity (Wildman–Crippen MR) is 163 cm³/mol. The molecule has 1 aliphatic heterocycles. The van der Waals surface area contributed by atoms with Crippen molar-refractivity contribution in [3.8, 4) is 28.2 Å². The molecule has 4 aromatic heterocycles. The molecular formula is C32H35N7O4. The van der Waals surface area contributed by atoms with Crippen LogP contribution < -0.4 is 5.32 Å². The van der Waals surface area contributed by atoms with E-state index >= 15 is 0 Å². The van der Waals surface area contributed by atoms with Gasteiger partial charge < -0.3 is 29.2 Å². The maximum atomic E-state index is 12.7. The van der Waals surface area contributed by atoms with Gasteiger partial charge in [-0.1, -0.05) is 23.4 Å². The number of piperidine rings is 1. The molecule has 2 N–H and O–H groups in total. The molecule has 43 heavy (non-hydrogen) atoms. The number of aliphatic hydroxyl groups is 1. The number of rotatable bonds is 5. The summed E-state index contributed by atoms with van der Waals surface area (Å²) in [6.07, 6.45) is 4.74. The number of fused-ring (bicyclic) bond motifs is 1. The van der Waals surface area contributed by atoms with Crippen LogP contribution in [0.3, 0.4) is 0 Å². The highest BCUT2D eigenvalue weighted by molar-refractivity contribution is 5.96. The summed E-state index contributed by atoms with van der Waals surface area (Å²) >= 11 is 0. The third kappa shape index (κ3) is 5.94. The van der Waals surface area contributed by atoms with Crippen LogP contribution in [0.4, 0.5) is 10.7 Å². The molecule has 222 valence electrons. The zero-order valence-electron chi connectivity index (χ0n) is 24.9. The molecule has 11 nitrogen and oxygen atoms in total. The van der Waals surface area contributed by atoms with Crippen LogP contribution in [-0.2, 0) is 4.74 Å². The first-order chi connectivity index (χ1) is 20.6. The maximum Gasteiger partial charge on any atom is 0.410 e. The Morgan fingerprint density at radius 1 is 1.07 bits per heavy atom. The van der Waals surface area contributed by atoms with Crippen LogP contribution in [0.15, 0.2) is 65.6 Å². The molecule has 0 saturated carbocycles. The van der Waals surface area contributed by atoms with Gasteiger partial charge in [-0.2, -0.15) is 0 Å². The highest BCUT2D eigenvalue weighted by Gasteiger charge is 2.32. The van der Waals surface area contributed by atoms with Gasteiger partial charge in [0.1, 0.15) is 17.5 Å². The predicted octanol–water partition coefficient (Wildman–Crippen LogP) is 5.54. The number of likely N-dealkylation sites (tertiary alicyclic amines) is 1. The molecule has 0 bridgehead atoms. The van der Waals surface area contributed by atoms with Crippen molar-refractivity contribution in [2.45, 2.75) is 58.8 Å². The molecular weight excluding hydrogens is 546 g/mol. The van der Waals surface area contributed by atoms with Crippen LogP contribution in [0.1, 0.15) is 38.4 Å². The van der Waals surface area contributed by atoms with E-state index in [2.05, 4.69) is 20.0 Å². The van der Waals surface area contributed by atoms with E-state index in [0.29, 0.717) is 18.9 Å². The van der Waals surface area contributed by atoms with Gasteiger partial charge in [-0.15, -0.1) is 0 Å². The first-order valence-electron chi connectivity index (χ1n) is 14.3. The van der Waals surface area contributed by atoms with Gasteiger partial charge in [0.25, 0.3) is 0 Å². The Hall–Kier alpha value is -4.77. The number of benzene rings is 1. The SMILES string of the molecule is Cc1cnc(N[C@H]2C[C@@H](O)CN(C(=O)OC(C)(C)C)C2)nc1-c1cn(-c2ccccc2)c2nc(-c3conc3C)ccc12. The number of nitrogens with zero attached hydrogens (tertiary/aromatic N) is 6. The van der Waals surface area contributed by atoms with Crippen molar-refractivity contribution in [2.24, 2.45) is 0 Å². The normalized spacial score (nSPS) is 17.3. The lowest BCUT2D eigenvalue weighted by Gasteiger charge is -2.36. The standard InChI is InChI=1S/C32H35N7O4/c1-19-14-33-30(34-21-13-23(40)16-38(15-21)31(41)43-32(3,4)5)36-28(19)25-17-39(22-9-7-6-8-10-22)29-24(25)11-12-27(35-29)26-18-42-37-20(26)2/h6-12,14,17-18,21,23,40H,13,15-16H2,1-5H3,(H,33,34,36)/t21-,23+/m0/s1. The fourth-order valence-corrected chi connectivity index (χ4v) is 5.38. The Morgan fingerprint density at radius 3 is 2.58 bits per heavy atom. The average Bonchev–Trinajstić information content (AvgIpc) is 3.56. The summed E-state index contributed by atoms with van der Waals surface area (Å²) < 4.78 is 12.8. The fraction of sp³-hybridized carbons (Fsp3) is 0.344. The number of ether oxygens (including phenoxy) is 1. The molecule has 1 amide bonds. The van der Waals surface area contributed by atoms with Crippen molar-refractivity contribution in [1.82, 2.24) is 29.6 Å². The van der Waals surface area contributed by atoms with Crippen molar-refractivity contribution in [1.29, 1.82) is 0 Å². The second kappa shape index (κ2) is 11.1. The third-order valence-corrected chi connectivity index (χ3v) is 7.35. The fourth-order valence-electron chi connectivity index (χ4n) is 5.38. The highest BCUT2D eigenvalue weighted by Crippen LogP contribution is 2.35. The smallest absolute Gasteiger partial charge is 0.410 e. The van der Waals surface area contributed by atoms with Crippen LogP contribution in [0.25, 0.3) is 39.2 Å². The Labute approximate surface area is 249 Å². The number of aryl methyl sites for hydroxylation is 2. The van der Waals surface area contributed by atoms with Gasteiger partial charge >= 0.3 is 6.09 Å². The quantitative estimate of drug-likeness (QED) is 0.275. The number of hydrogen-bond acceptors (Lipinski definition) is 9. The summed E-state index contributed by atoms with van der Waals surface area (Å²) in [5.41, 5.74) is 6.05. The Bertz CT molecular complexity index is 1770. The van der Waals surface area contributed by atoms with Crippen LogP contribution in [-0.4, -0.2) is 71.6 Å². The zero-order chi connectivity index (χ0) is 30.3. The molecule has 0 spiro atoms. The number of carbonyl (C=O) groups is 1. The zero-order valence-corrected chi connectivity index (χ0v) is 24.9. The molecule has 1 aromatic carbocycles. The summed E-state index contributed by atoms with van der Waals surface area (Å²) in [7, 11) is 0.